The molecular weight excluding hydrogens is 492 g/mol. The fourth-order valence-electron chi connectivity index (χ4n) is 3.79. The molecule has 0 bridgehead atoms. The number of hydrogen-bond acceptors (Lipinski definition) is 3. The van der Waals surface area contributed by atoms with Gasteiger partial charge >= 0.3 is 0 Å². The van der Waals surface area contributed by atoms with Gasteiger partial charge in [-0.1, -0.05) is 70.5 Å². The average molecular weight is 523 g/mol. The summed E-state index contributed by atoms with van der Waals surface area (Å²) in [7, 11) is 1.61. The molecule has 2 amide bonds. The predicted octanol–water partition coefficient (Wildman–Crippen LogP) is 5.16. The minimum atomic E-state index is -0.644. The molecule has 0 saturated carbocycles. The number of carbonyl (C=O) groups excluding carboxylic acids is 2. The maximum absolute atomic E-state index is 13.7. The number of hydrogen-bond donors (Lipinski definition) is 1. The second-order valence-electron chi connectivity index (χ2n) is 8.55. The molecule has 3 aromatic carbocycles. The van der Waals surface area contributed by atoms with E-state index in [-0.39, 0.29) is 24.3 Å². The Kier molecular flexibility index (Phi) is 9.28. The molecule has 0 aliphatic carbocycles. The van der Waals surface area contributed by atoms with Crippen molar-refractivity contribution < 1.29 is 14.3 Å². The molecule has 0 saturated heterocycles. The number of nitrogens with one attached hydrogen (secondary N) is 1. The van der Waals surface area contributed by atoms with Crippen LogP contribution in [-0.2, 0) is 29.0 Å². The Hall–Kier alpha value is -3.12. The molecule has 3 rings (SSSR count). The van der Waals surface area contributed by atoms with Crippen molar-refractivity contribution in [1.29, 1.82) is 0 Å². The fraction of sp³-hybridized carbons (Fsp3) is 0.286. The molecule has 0 aliphatic rings. The summed E-state index contributed by atoms with van der Waals surface area (Å²) in [5.41, 5.74) is 2.82. The van der Waals surface area contributed by atoms with E-state index in [0.29, 0.717) is 13.0 Å². The smallest absolute Gasteiger partial charge is 0.243 e. The van der Waals surface area contributed by atoms with E-state index in [0.717, 1.165) is 26.9 Å². The summed E-state index contributed by atoms with van der Waals surface area (Å²) in [5, 5.41) is 3.02. The Morgan fingerprint density at radius 2 is 1.59 bits per heavy atom. The molecule has 0 unspecified atom stereocenters. The summed E-state index contributed by atoms with van der Waals surface area (Å²) in [6.45, 7) is 4.18. The zero-order valence-electron chi connectivity index (χ0n) is 19.8. The second kappa shape index (κ2) is 12.4. The van der Waals surface area contributed by atoms with Crippen LogP contribution in [0.4, 0.5) is 0 Å². The highest BCUT2D eigenvalue weighted by molar-refractivity contribution is 9.10. The van der Waals surface area contributed by atoms with E-state index in [4.69, 9.17) is 4.74 Å². The van der Waals surface area contributed by atoms with Gasteiger partial charge in [0, 0.05) is 23.5 Å². The molecule has 0 fully saturated rings. The van der Waals surface area contributed by atoms with Gasteiger partial charge in [0.15, 0.2) is 0 Å². The van der Waals surface area contributed by atoms with E-state index >= 15 is 0 Å². The van der Waals surface area contributed by atoms with Crippen molar-refractivity contribution in [3.8, 4) is 5.75 Å². The third-order valence-electron chi connectivity index (χ3n) is 5.46. The summed E-state index contributed by atoms with van der Waals surface area (Å²) in [6, 6.07) is 24.4. The van der Waals surface area contributed by atoms with Crippen LogP contribution in [0.3, 0.4) is 0 Å². The van der Waals surface area contributed by atoms with Gasteiger partial charge in [0.25, 0.3) is 0 Å². The summed E-state index contributed by atoms with van der Waals surface area (Å²) < 4.78 is 6.16. The first-order valence-corrected chi connectivity index (χ1v) is 12.2. The second-order valence-corrected chi connectivity index (χ2v) is 9.46. The van der Waals surface area contributed by atoms with E-state index in [2.05, 4.69) is 21.2 Å². The van der Waals surface area contributed by atoms with Crippen LogP contribution in [0.5, 0.6) is 5.75 Å². The lowest BCUT2D eigenvalue weighted by molar-refractivity contribution is -0.141. The lowest BCUT2D eigenvalue weighted by Gasteiger charge is -2.32. The van der Waals surface area contributed by atoms with Crippen molar-refractivity contribution in [2.45, 2.75) is 45.3 Å². The molecule has 178 valence electrons. The maximum atomic E-state index is 13.7. The molecule has 0 aromatic heterocycles. The van der Waals surface area contributed by atoms with E-state index in [1.165, 1.54) is 0 Å². The topological polar surface area (TPSA) is 58.6 Å². The van der Waals surface area contributed by atoms with Gasteiger partial charge in [0.05, 0.1) is 13.5 Å². The quantitative estimate of drug-likeness (QED) is 0.399. The number of ether oxygens (including phenoxy) is 1. The molecule has 1 N–H and O–H groups in total. The zero-order chi connectivity index (χ0) is 24.5. The molecule has 1 atom stereocenters. The van der Waals surface area contributed by atoms with Gasteiger partial charge in [-0.15, -0.1) is 0 Å². The lowest BCUT2D eigenvalue weighted by atomic mass is 10.0. The molecule has 6 heteroatoms. The van der Waals surface area contributed by atoms with Crippen molar-refractivity contribution >= 4 is 27.7 Å². The van der Waals surface area contributed by atoms with Crippen molar-refractivity contribution in [3.05, 3.63) is 100 Å². The number of halogens is 1. The van der Waals surface area contributed by atoms with Crippen molar-refractivity contribution in [2.75, 3.05) is 7.11 Å². The van der Waals surface area contributed by atoms with Crippen LogP contribution >= 0.6 is 15.9 Å². The number of nitrogens with zero attached hydrogens (tertiary/aromatic N) is 1. The molecule has 5 nitrogen and oxygen atoms in total. The van der Waals surface area contributed by atoms with Crippen LogP contribution < -0.4 is 10.1 Å². The van der Waals surface area contributed by atoms with E-state index in [1.807, 2.05) is 92.7 Å². The summed E-state index contributed by atoms with van der Waals surface area (Å²) in [4.78, 5) is 28.8. The van der Waals surface area contributed by atoms with Crippen molar-refractivity contribution in [3.63, 3.8) is 0 Å². The maximum Gasteiger partial charge on any atom is 0.243 e. The molecule has 3 aromatic rings. The first-order chi connectivity index (χ1) is 16.4. The first-order valence-electron chi connectivity index (χ1n) is 11.4. The number of methoxy groups -OCH3 is 1. The summed E-state index contributed by atoms with van der Waals surface area (Å²) in [5.74, 6) is 0.474. The number of benzene rings is 3. The van der Waals surface area contributed by atoms with Gasteiger partial charge in [-0.2, -0.15) is 0 Å². The monoisotopic (exact) mass is 522 g/mol. The van der Waals surface area contributed by atoms with E-state index < -0.39 is 6.04 Å². The van der Waals surface area contributed by atoms with Crippen LogP contribution in [0.15, 0.2) is 83.3 Å². The minimum absolute atomic E-state index is 0.0322. The van der Waals surface area contributed by atoms with E-state index in [9.17, 15) is 9.59 Å². The van der Waals surface area contributed by atoms with Crippen LogP contribution in [0.25, 0.3) is 0 Å². The number of amides is 2. The average Bonchev–Trinajstić information content (AvgIpc) is 2.82. The molecule has 0 spiro atoms. The highest BCUT2D eigenvalue weighted by Gasteiger charge is 2.30. The Morgan fingerprint density at radius 1 is 0.912 bits per heavy atom. The molecule has 0 heterocycles. The zero-order valence-corrected chi connectivity index (χ0v) is 21.4. The van der Waals surface area contributed by atoms with Gasteiger partial charge in [-0.05, 0) is 54.8 Å². The molecule has 34 heavy (non-hydrogen) atoms. The highest BCUT2D eigenvalue weighted by atomic mass is 79.9. The van der Waals surface area contributed by atoms with Gasteiger partial charge in [-0.25, -0.2) is 0 Å². The third-order valence-corrected chi connectivity index (χ3v) is 5.95. The number of carbonyl (C=O) groups is 2. The fourth-order valence-corrected chi connectivity index (χ4v) is 4.23. The Bertz CT molecular complexity index is 1080. The highest BCUT2D eigenvalue weighted by Crippen LogP contribution is 2.20. The van der Waals surface area contributed by atoms with Gasteiger partial charge < -0.3 is 15.0 Å². The Balaban J connectivity index is 1.95. The largest absolute Gasteiger partial charge is 0.497 e. The molecule has 0 aliphatic heterocycles. The standard InChI is InChI=1S/C28H31BrN2O3/c1-20(2)30-28(33)26(17-21-8-5-4-6-9-21)31(19-23-10-7-11-24(29)16-23)27(32)18-22-12-14-25(34-3)15-13-22/h4-16,20,26H,17-19H2,1-3H3,(H,30,33)/t26-/m1/s1. The van der Waals surface area contributed by atoms with Crippen molar-refractivity contribution in [1.82, 2.24) is 10.2 Å². The van der Waals surface area contributed by atoms with E-state index in [1.54, 1.807) is 12.0 Å². The number of rotatable bonds is 10. The van der Waals surface area contributed by atoms with Gasteiger partial charge in [-0.3, -0.25) is 9.59 Å². The Morgan fingerprint density at radius 3 is 2.21 bits per heavy atom. The predicted molar refractivity (Wildman–Crippen MR) is 139 cm³/mol. The van der Waals surface area contributed by atoms with Crippen LogP contribution in [0.2, 0.25) is 0 Å². The molecular formula is C28H31BrN2O3. The summed E-state index contributed by atoms with van der Waals surface area (Å²) in [6.07, 6.45) is 0.625. The third kappa shape index (κ3) is 7.45. The summed E-state index contributed by atoms with van der Waals surface area (Å²) >= 11 is 3.51. The Labute approximate surface area is 210 Å². The van der Waals surface area contributed by atoms with Gasteiger partial charge in [0.2, 0.25) is 11.8 Å². The normalized spacial score (nSPS) is 11.7. The minimum Gasteiger partial charge on any atom is -0.497 e. The van der Waals surface area contributed by atoms with Crippen molar-refractivity contribution in [2.24, 2.45) is 0 Å². The van der Waals surface area contributed by atoms with Gasteiger partial charge in [0.1, 0.15) is 11.8 Å². The first kappa shape index (κ1) is 25.5. The van der Waals surface area contributed by atoms with Crippen LogP contribution in [-0.4, -0.2) is 35.9 Å². The lowest BCUT2D eigenvalue weighted by Crippen LogP contribution is -2.52. The van der Waals surface area contributed by atoms with Crippen LogP contribution in [0, 0.1) is 0 Å². The molecule has 0 radical (unpaired) electrons. The van der Waals surface area contributed by atoms with Crippen LogP contribution in [0.1, 0.15) is 30.5 Å². The SMILES string of the molecule is COc1ccc(CC(=O)N(Cc2cccc(Br)c2)[C@H](Cc2ccccc2)C(=O)NC(C)C)cc1.